The Morgan fingerprint density at radius 2 is 1.79 bits per heavy atom. The van der Waals surface area contributed by atoms with E-state index in [4.69, 9.17) is 0 Å². The zero-order chi connectivity index (χ0) is 13.9. The molecular weight excluding hydrogens is 346 g/mol. The molecule has 1 saturated carbocycles. The molecule has 0 aromatic carbocycles. The van der Waals surface area contributed by atoms with Crippen LogP contribution in [0.15, 0.2) is 14.7 Å². The van der Waals surface area contributed by atoms with Crippen LogP contribution in [0.1, 0.15) is 49.8 Å². The highest BCUT2D eigenvalue weighted by molar-refractivity contribution is 9.11. The van der Waals surface area contributed by atoms with Crippen LogP contribution in [0, 0.1) is 6.92 Å². The van der Waals surface area contributed by atoms with Crippen molar-refractivity contribution in [3.63, 3.8) is 0 Å². The highest BCUT2D eigenvalue weighted by Gasteiger charge is 2.23. The third kappa shape index (κ3) is 4.28. The Balaban J connectivity index is 2.09. The van der Waals surface area contributed by atoms with Crippen molar-refractivity contribution in [3.05, 3.63) is 14.7 Å². The molecule has 0 saturated heterocycles. The van der Waals surface area contributed by atoms with Gasteiger partial charge in [-0.2, -0.15) is 0 Å². The van der Waals surface area contributed by atoms with Crippen LogP contribution in [0.25, 0.3) is 0 Å². The lowest BCUT2D eigenvalue weighted by atomic mass is 9.97. The summed E-state index contributed by atoms with van der Waals surface area (Å²) in [4.78, 5) is 1.26. The molecule has 19 heavy (non-hydrogen) atoms. The van der Waals surface area contributed by atoms with E-state index >= 15 is 0 Å². The van der Waals surface area contributed by atoms with Gasteiger partial charge in [-0.3, -0.25) is 0 Å². The lowest BCUT2D eigenvalue weighted by Gasteiger charge is -2.20. The van der Waals surface area contributed by atoms with E-state index in [1.165, 1.54) is 30.6 Å². The van der Waals surface area contributed by atoms with E-state index in [-0.39, 0.29) is 6.04 Å². The second-order valence-electron chi connectivity index (χ2n) is 5.13. The molecular formula is C13H20BrNO2S2. The average Bonchev–Trinajstić information content (AvgIpc) is 2.62. The molecule has 3 nitrogen and oxygen atoms in total. The summed E-state index contributed by atoms with van der Waals surface area (Å²) in [6.45, 7) is 1.85. The van der Waals surface area contributed by atoms with Gasteiger partial charge < -0.3 is 0 Å². The van der Waals surface area contributed by atoms with Crippen LogP contribution in [0.2, 0.25) is 0 Å². The highest BCUT2D eigenvalue weighted by atomic mass is 79.9. The van der Waals surface area contributed by atoms with Crippen molar-refractivity contribution in [3.8, 4) is 0 Å². The first-order valence-corrected chi connectivity index (χ1v) is 9.86. The fraction of sp³-hybridized carbons (Fsp3) is 0.692. The van der Waals surface area contributed by atoms with Crippen molar-refractivity contribution < 1.29 is 8.42 Å². The van der Waals surface area contributed by atoms with Crippen LogP contribution in [0.4, 0.5) is 0 Å². The van der Waals surface area contributed by atoms with Gasteiger partial charge in [0.2, 0.25) is 10.0 Å². The fourth-order valence-electron chi connectivity index (χ4n) is 2.55. The summed E-state index contributed by atoms with van der Waals surface area (Å²) in [5.41, 5.74) is 0. The first-order valence-electron chi connectivity index (χ1n) is 6.77. The van der Waals surface area contributed by atoms with Crippen LogP contribution in [0.5, 0.6) is 0 Å². The SMILES string of the molecule is Cc1sc(Br)cc1S(=O)(=O)NC1CCCCCCC1. The van der Waals surface area contributed by atoms with Crippen molar-refractivity contribution in [1.29, 1.82) is 0 Å². The molecule has 1 aliphatic carbocycles. The number of hydrogen-bond acceptors (Lipinski definition) is 3. The van der Waals surface area contributed by atoms with Gasteiger partial charge in [-0.25, -0.2) is 13.1 Å². The first kappa shape index (κ1) is 15.5. The molecule has 2 rings (SSSR count). The number of hydrogen-bond donors (Lipinski definition) is 1. The van der Waals surface area contributed by atoms with Crippen LogP contribution >= 0.6 is 27.3 Å². The van der Waals surface area contributed by atoms with E-state index in [0.717, 1.165) is 34.3 Å². The molecule has 1 N–H and O–H groups in total. The van der Waals surface area contributed by atoms with Crippen molar-refractivity contribution in [2.24, 2.45) is 0 Å². The van der Waals surface area contributed by atoms with E-state index in [1.807, 2.05) is 6.92 Å². The average molecular weight is 366 g/mol. The summed E-state index contributed by atoms with van der Waals surface area (Å²) in [5.74, 6) is 0. The number of nitrogens with one attached hydrogen (secondary N) is 1. The summed E-state index contributed by atoms with van der Waals surface area (Å²) in [7, 11) is -3.37. The van der Waals surface area contributed by atoms with E-state index < -0.39 is 10.0 Å². The second kappa shape index (κ2) is 6.70. The van der Waals surface area contributed by atoms with E-state index in [2.05, 4.69) is 20.7 Å². The Hall–Kier alpha value is 0.0900. The van der Waals surface area contributed by atoms with Gasteiger partial charge in [-0.15, -0.1) is 11.3 Å². The lowest BCUT2D eigenvalue weighted by Crippen LogP contribution is -2.35. The quantitative estimate of drug-likeness (QED) is 0.871. The van der Waals surface area contributed by atoms with Crippen molar-refractivity contribution in [1.82, 2.24) is 4.72 Å². The molecule has 0 atom stereocenters. The molecule has 0 amide bonds. The molecule has 1 heterocycles. The highest BCUT2D eigenvalue weighted by Crippen LogP contribution is 2.30. The monoisotopic (exact) mass is 365 g/mol. The minimum atomic E-state index is -3.37. The minimum Gasteiger partial charge on any atom is -0.208 e. The Bertz CT molecular complexity index is 517. The first-order chi connectivity index (χ1) is 8.99. The molecule has 1 aromatic rings. The molecule has 0 aliphatic heterocycles. The number of halogens is 1. The van der Waals surface area contributed by atoms with Crippen molar-refractivity contribution in [2.45, 2.75) is 62.8 Å². The molecule has 1 aromatic heterocycles. The van der Waals surface area contributed by atoms with Gasteiger partial charge in [0, 0.05) is 10.9 Å². The van der Waals surface area contributed by atoms with E-state index in [9.17, 15) is 8.42 Å². The van der Waals surface area contributed by atoms with Crippen LogP contribution in [-0.2, 0) is 10.0 Å². The number of sulfonamides is 1. The van der Waals surface area contributed by atoms with Crippen LogP contribution < -0.4 is 4.72 Å². The Labute approximate surface area is 128 Å². The molecule has 1 fully saturated rings. The van der Waals surface area contributed by atoms with Crippen molar-refractivity contribution >= 4 is 37.3 Å². The Kier molecular flexibility index (Phi) is 5.45. The maximum absolute atomic E-state index is 12.4. The van der Waals surface area contributed by atoms with Crippen molar-refractivity contribution in [2.75, 3.05) is 0 Å². The number of rotatable bonds is 3. The predicted molar refractivity (Wildman–Crippen MR) is 83.2 cm³/mol. The molecule has 6 heteroatoms. The Morgan fingerprint density at radius 3 is 2.32 bits per heavy atom. The summed E-state index contributed by atoms with van der Waals surface area (Å²) in [5, 5.41) is 0. The third-order valence-electron chi connectivity index (χ3n) is 3.56. The molecule has 0 spiro atoms. The maximum Gasteiger partial charge on any atom is 0.241 e. The van der Waals surface area contributed by atoms with Gasteiger partial charge in [-0.1, -0.05) is 32.1 Å². The summed E-state index contributed by atoms with van der Waals surface area (Å²) in [6.07, 6.45) is 7.91. The predicted octanol–water partition coefficient (Wildman–Crippen LogP) is 4.21. The van der Waals surface area contributed by atoms with E-state index in [1.54, 1.807) is 6.07 Å². The molecule has 1 aliphatic rings. The maximum atomic E-state index is 12.4. The zero-order valence-corrected chi connectivity index (χ0v) is 14.3. The normalized spacial score (nSPS) is 19.1. The Morgan fingerprint density at radius 1 is 1.21 bits per heavy atom. The molecule has 0 bridgehead atoms. The largest absolute Gasteiger partial charge is 0.241 e. The molecule has 0 radical (unpaired) electrons. The summed E-state index contributed by atoms with van der Waals surface area (Å²) < 4.78 is 28.6. The second-order valence-corrected chi connectivity index (χ2v) is 9.45. The minimum absolute atomic E-state index is 0.100. The zero-order valence-electron chi connectivity index (χ0n) is 11.1. The summed E-state index contributed by atoms with van der Waals surface area (Å²) in [6, 6.07) is 1.80. The lowest BCUT2D eigenvalue weighted by molar-refractivity contribution is 0.426. The standard InChI is InChI=1S/C13H20BrNO2S2/c1-10-12(9-13(14)18-10)19(16,17)15-11-7-5-3-2-4-6-8-11/h9,11,15H,2-8H2,1H3. The molecule has 108 valence electrons. The number of aryl methyl sites for hydroxylation is 1. The fourth-order valence-corrected chi connectivity index (χ4v) is 6.27. The number of thiophene rings is 1. The van der Waals surface area contributed by atoms with Crippen LogP contribution in [-0.4, -0.2) is 14.5 Å². The topological polar surface area (TPSA) is 46.2 Å². The van der Waals surface area contributed by atoms with Gasteiger partial charge in [0.15, 0.2) is 0 Å². The summed E-state index contributed by atoms with van der Waals surface area (Å²) >= 11 is 4.81. The smallest absolute Gasteiger partial charge is 0.208 e. The van der Waals surface area contributed by atoms with Gasteiger partial charge >= 0.3 is 0 Å². The van der Waals surface area contributed by atoms with Gasteiger partial charge in [-0.05, 0) is 41.8 Å². The van der Waals surface area contributed by atoms with Gasteiger partial charge in [0.1, 0.15) is 0 Å². The van der Waals surface area contributed by atoms with Gasteiger partial charge in [0.25, 0.3) is 0 Å². The van der Waals surface area contributed by atoms with Crippen LogP contribution in [0.3, 0.4) is 0 Å². The van der Waals surface area contributed by atoms with Gasteiger partial charge in [0.05, 0.1) is 8.68 Å². The molecule has 0 unspecified atom stereocenters. The van der Waals surface area contributed by atoms with E-state index in [0.29, 0.717) is 4.90 Å². The third-order valence-corrected chi connectivity index (χ3v) is 6.89.